The second-order valence-corrected chi connectivity index (χ2v) is 42.7. The molecule has 14 aromatic rings. The molecular weight excluding hydrogens is 1540 g/mol. The molecule has 15 heteroatoms. The summed E-state index contributed by atoms with van der Waals surface area (Å²) in [6.07, 6.45) is 7.97. The van der Waals surface area contributed by atoms with Crippen LogP contribution in [0, 0.1) is 0 Å². The highest BCUT2D eigenvalue weighted by Crippen LogP contribution is 2.58. The summed E-state index contributed by atoms with van der Waals surface area (Å²) in [5, 5.41) is 3.67. The molecule has 0 N–H and O–H groups in total. The second-order valence-electron chi connectivity index (χ2n) is 42.7. The van der Waals surface area contributed by atoms with Gasteiger partial charge in [0.15, 0.2) is 0 Å². The molecule has 7 aromatic heterocycles. The van der Waals surface area contributed by atoms with Crippen LogP contribution >= 0.6 is 0 Å². The number of anilines is 4. The third-order valence-electron chi connectivity index (χ3n) is 31.0. The predicted molar refractivity (Wildman–Crippen MR) is 504 cm³/mol. The van der Waals surface area contributed by atoms with Crippen LogP contribution in [0.25, 0.3) is 145 Å². The first-order valence-electron chi connectivity index (χ1n) is 45.0. The van der Waals surface area contributed by atoms with Crippen molar-refractivity contribution in [3.05, 3.63) is 244 Å². The third-order valence-corrected chi connectivity index (χ3v) is 31.0. The number of nitrogens with zero attached hydrogens (tertiary/aromatic N) is 7. The maximum Gasteiger partial charge on any atom is 0.345 e. The zero-order valence-electron chi connectivity index (χ0n) is 74.7. The quantitative estimate of drug-likeness (QED) is 0.125. The van der Waals surface area contributed by atoms with Crippen molar-refractivity contribution in [2.24, 2.45) is 7.05 Å². The Labute approximate surface area is 723 Å². The molecule has 15 nitrogen and oxygen atoms in total. The molecule has 0 saturated carbocycles. The smallest absolute Gasteiger partial charge is 0.345 e. The van der Waals surface area contributed by atoms with Crippen LogP contribution in [0.5, 0.6) is 0 Å². The van der Waals surface area contributed by atoms with Gasteiger partial charge in [-0.25, -0.2) is 29.1 Å². The summed E-state index contributed by atoms with van der Waals surface area (Å²) in [6, 6.07) is 54.0. The summed E-state index contributed by atoms with van der Waals surface area (Å²) in [7, 11) is 1.99. The number of hydrogen-bond donors (Lipinski definition) is 0. The average Bonchev–Trinajstić information content (AvgIpc) is 0.953. The van der Waals surface area contributed by atoms with Crippen molar-refractivity contribution in [3.63, 3.8) is 0 Å². The molecule has 8 aliphatic heterocycles. The van der Waals surface area contributed by atoms with Crippen LogP contribution in [-0.4, -0.2) is 66.9 Å². The largest absolute Gasteiger partial charge is 0.422 e. The van der Waals surface area contributed by atoms with E-state index in [2.05, 4.69) is 183 Å². The molecule has 0 atom stereocenters. The molecule has 0 bridgehead atoms. The van der Waals surface area contributed by atoms with Crippen LogP contribution in [0.3, 0.4) is 0 Å². The summed E-state index contributed by atoms with van der Waals surface area (Å²) < 4.78 is 28.4. The van der Waals surface area contributed by atoms with Crippen molar-refractivity contribution >= 4 is 66.6 Å². The molecule has 0 spiro atoms. The molecule has 0 unspecified atom stereocenters. The van der Waals surface area contributed by atoms with Gasteiger partial charge in [-0.05, 0) is 230 Å². The molecule has 22 rings (SSSR count). The topological polar surface area (TPSA) is 165 Å². The van der Waals surface area contributed by atoms with Crippen molar-refractivity contribution in [3.8, 4) is 101 Å². The highest BCUT2D eigenvalue weighted by Gasteiger charge is 2.48. The van der Waals surface area contributed by atoms with Gasteiger partial charge in [0.05, 0.1) is 56.4 Å². The molecular formula is C109H109N7O8. The fourth-order valence-electron chi connectivity index (χ4n) is 22.9. The van der Waals surface area contributed by atoms with E-state index in [0.29, 0.717) is 73.1 Å². The van der Waals surface area contributed by atoms with Gasteiger partial charge in [0.25, 0.3) is 0 Å². The van der Waals surface area contributed by atoms with Crippen molar-refractivity contribution < 1.29 is 17.7 Å². The number of benzene rings is 7. The zero-order valence-corrected chi connectivity index (χ0v) is 74.7. The van der Waals surface area contributed by atoms with Gasteiger partial charge in [0, 0.05) is 143 Å². The van der Waals surface area contributed by atoms with E-state index < -0.39 is 5.63 Å². The van der Waals surface area contributed by atoms with E-state index in [4.69, 9.17) is 27.6 Å². The first kappa shape index (κ1) is 78.2. The third kappa shape index (κ3) is 12.0. The lowest BCUT2D eigenvalue weighted by Crippen LogP contribution is -2.44. The van der Waals surface area contributed by atoms with E-state index >= 15 is 4.79 Å². The summed E-state index contributed by atoms with van der Waals surface area (Å²) in [5.41, 5.74) is 26.9. The van der Waals surface area contributed by atoms with Gasteiger partial charge in [-0.3, -0.25) is 0 Å². The molecule has 0 radical (unpaired) electrons. The van der Waals surface area contributed by atoms with Gasteiger partial charge in [0.1, 0.15) is 22.3 Å². The summed E-state index contributed by atoms with van der Waals surface area (Å²) in [4.78, 5) is 80.3. The highest BCUT2D eigenvalue weighted by molar-refractivity contribution is 5.98. The van der Waals surface area contributed by atoms with Gasteiger partial charge in [-0.15, -0.1) is 0 Å². The van der Waals surface area contributed by atoms with Gasteiger partial charge in [-0.2, -0.15) is 0 Å². The summed E-state index contributed by atoms with van der Waals surface area (Å²) in [6.45, 7) is 44.7. The normalized spacial score (nSPS) is 19.2. The number of aromatic nitrogens is 3. The van der Waals surface area contributed by atoms with Crippen molar-refractivity contribution in [2.75, 3.05) is 72.0 Å². The molecule has 7 aromatic carbocycles. The van der Waals surface area contributed by atoms with Crippen molar-refractivity contribution in [2.45, 2.75) is 205 Å². The zero-order chi connectivity index (χ0) is 86.1. The maximum absolute atomic E-state index is 15.0. The van der Waals surface area contributed by atoms with Gasteiger partial charge >= 0.3 is 22.5 Å². The SMILES string of the molecule is Cn1c(-c2cc(-c3cc(-c4ccc(-c5cc6cc7c8c(c6oc5=O)C(C)(C)CCN8CCC7(C)C)cc4)nc(-c4ccc(-c5cc6cc7c8c(c6oc5=O)C(C)(C)CCN8CCC7(C)C)cc4)c3)cc(-c3ccc(-c4cc5cc6c7c(c5oc4=O)C(C)(C)CCN7CCC6(C)C)cc3)n2)ccc1-c1cc2cc3c4c(c2oc1=O)C(C)(C)CCN4CCC3(C)C. The van der Waals surface area contributed by atoms with E-state index in [1.165, 1.54) is 45.0 Å². The molecule has 0 fully saturated rings. The van der Waals surface area contributed by atoms with E-state index in [0.717, 1.165) is 198 Å². The van der Waals surface area contributed by atoms with Crippen LogP contribution in [0.2, 0.25) is 0 Å². The number of rotatable bonds is 9. The van der Waals surface area contributed by atoms with Gasteiger partial charge < -0.3 is 41.8 Å². The van der Waals surface area contributed by atoms with Gasteiger partial charge in [-0.1, -0.05) is 184 Å². The molecule has 15 heterocycles. The highest BCUT2D eigenvalue weighted by atomic mass is 16.4. The Morgan fingerprint density at radius 3 is 0.758 bits per heavy atom. The first-order chi connectivity index (χ1) is 58.9. The lowest BCUT2D eigenvalue weighted by atomic mass is 9.69. The Morgan fingerprint density at radius 2 is 0.476 bits per heavy atom. The van der Waals surface area contributed by atoms with Crippen LogP contribution in [0.1, 0.15) is 207 Å². The molecule has 124 heavy (non-hydrogen) atoms. The second kappa shape index (κ2) is 26.6. The number of hydrogen-bond acceptors (Lipinski definition) is 14. The van der Waals surface area contributed by atoms with E-state index in [-0.39, 0.29) is 60.2 Å². The Hall–Kier alpha value is -11.8. The Bertz CT molecular complexity index is 7040. The standard InChI is InChI=1S/C109H109N7O8/c1-102(2)32-40-113-44-36-106(9,10)86-90(113)76(102)52-68-48-72(98(117)121-94(68)86)60-18-24-63(25-19-60)80-56-66(57-81(110-80)64-26-20-61(21-27-64)73-49-69-53-77-91-87(95(69)122-99(73)118)107(11,12)37-45-114(91)41-33-103(77,3)4)67-58-82(65-28-22-62(23-29-65)74-50-70-54-78-92-88(96(70)123-100(74)119)108(13,14)38-46-115(92)42-34-104(78,5)6)111-83(59-67)85-31-30-84(112(85)17)75-51-71-55-79-93-89(97(71)124-101(75)120)109(15,16)39-47-116(93)43-35-105(79,7)8/h18-31,48-59H,32-47H2,1-17H3. The fraction of sp³-hybridized carbons (Fsp3) is 0.376. The van der Waals surface area contributed by atoms with Crippen LogP contribution < -0.4 is 42.1 Å². The van der Waals surface area contributed by atoms with Crippen LogP contribution in [0.4, 0.5) is 22.7 Å². The minimum atomic E-state index is -0.408. The predicted octanol–water partition coefficient (Wildman–Crippen LogP) is 23.9. The summed E-state index contributed by atoms with van der Waals surface area (Å²) >= 11 is 0. The fourth-order valence-corrected chi connectivity index (χ4v) is 22.9. The van der Waals surface area contributed by atoms with E-state index in [1.807, 2.05) is 116 Å². The average molecular weight is 1650 g/mol. The lowest BCUT2D eigenvalue weighted by Gasteiger charge is -2.48. The van der Waals surface area contributed by atoms with Crippen molar-refractivity contribution in [1.29, 1.82) is 0 Å². The molecule has 8 aliphatic rings. The molecule has 0 amide bonds. The number of fused-ring (bicyclic) bond motifs is 8. The maximum atomic E-state index is 15.0. The monoisotopic (exact) mass is 1640 g/mol. The lowest BCUT2D eigenvalue weighted by molar-refractivity contribution is 0.398. The Balaban J connectivity index is 0.703. The van der Waals surface area contributed by atoms with Crippen molar-refractivity contribution in [1.82, 2.24) is 14.5 Å². The molecule has 628 valence electrons. The van der Waals surface area contributed by atoms with E-state index in [1.54, 1.807) is 0 Å². The molecule has 0 aliphatic carbocycles. The minimum Gasteiger partial charge on any atom is -0.422 e. The Kier molecular flexibility index (Phi) is 16.8. The van der Waals surface area contributed by atoms with Crippen LogP contribution in [-0.2, 0) is 50.4 Å². The first-order valence-corrected chi connectivity index (χ1v) is 45.0. The van der Waals surface area contributed by atoms with Crippen LogP contribution in [0.15, 0.2) is 195 Å². The summed E-state index contributed by atoms with van der Waals surface area (Å²) in [5.74, 6) is 0. The number of pyridine rings is 2. The van der Waals surface area contributed by atoms with E-state index in [9.17, 15) is 14.4 Å². The minimum absolute atomic E-state index is 0.0677. The van der Waals surface area contributed by atoms with Gasteiger partial charge in [0.2, 0.25) is 0 Å². The molecule has 0 saturated heterocycles. The Morgan fingerprint density at radius 1 is 0.250 bits per heavy atom.